The van der Waals surface area contributed by atoms with Gasteiger partial charge in [0.1, 0.15) is 23.4 Å². The number of benzene rings is 2. The Morgan fingerprint density at radius 3 is 2.52 bits per heavy atom. The summed E-state index contributed by atoms with van der Waals surface area (Å²) in [5.74, 6) is -2.58. The van der Waals surface area contributed by atoms with E-state index < -0.39 is 42.0 Å². The molecule has 1 amide bonds. The van der Waals surface area contributed by atoms with Crippen molar-refractivity contribution < 1.29 is 28.2 Å². The van der Waals surface area contributed by atoms with Gasteiger partial charge >= 0.3 is 5.97 Å². The number of amides is 1. The molecule has 2 bridgehead atoms. The monoisotopic (exact) mass is 609 g/mol. The number of pyridine rings is 1. The highest BCUT2D eigenvalue weighted by Crippen LogP contribution is 2.38. The van der Waals surface area contributed by atoms with Crippen LogP contribution in [0.4, 0.5) is 8.78 Å². The predicted octanol–water partition coefficient (Wildman–Crippen LogP) is 5.73. The lowest BCUT2D eigenvalue weighted by molar-refractivity contribution is -0.138. The molecule has 0 unspecified atom stereocenters. The van der Waals surface area contributed by atoms with Gasteiger partial charge in [0.2, 0.25) is 5.91 Å². The second-order valence-electron chi connectivity index (χ2n) is 11.9. The van der Waals surface area contributed by atoms with Gasteiger partial charge in [-0.05, 0) is 87.7 Å². The second kappa shape index (κ2) is 14.6. The smallest absolute Gasteiger partial charge is 0.305 e. The summed E-state index contributed by atoms with van der Waals surface area (Å²) in [6.07, 6.45) is 4.97. The number of aryl methyl sites for hydroxylation is 2. The van der Waals surface area contributed by atoms with Crippen LogP contribution in [0.2, 0.25) is 0 Å². The van der Waals surface area contributed by atoms with Crippen LogP contribution in [0.25, 0.3) is 11.1 Å². The van der Waals surface area contributed by atoms with E-state index in [-0.39, 0.29) is 16.7 Å². The molecule has 2 heterocycles. The molecule has 1 aliphatic rings. The maximum atomic E-state index is 15.8. The van der Waals surface area contributed by atoms with Gasteiger partial charge in [0.25, 0.3) is 5.56 Å². The Morgan fingerprint density at radius 1 is 1.05 bits per heavy atom. The number of fused-ring (bicyclic) bond motifs is 4. The minimum atomic E-state index is -1.23. The van der Waals surface area contributed by atoms with E-state index in [0.29, 0.717) is 54.7 Å². The van der Waals surface area contributed by atoms with Crippen LogP contribution in [-0.4, -0.2) is 53.7 Å². The van der Waals surface area contributed by atoms with Crippen molar-refractivity contribution in [3.8, 4) is 16.9 Å². The fourth-order valence-electron chi connectivity index (χ4n) is 5.74. The molecule has 10 heteroatoms. The molecule has 0 fully saturated rings. The number of carboxylic acids is 1. The Morgan fingerprint density at radius 2 is 1.80 bits per heavy atom. The zero-order valence-electron chi connectivity index (χ0n) is 25.8. The minimum Gasteiger partial charge on any atom is -0.493 e. The molecule has 3 aromatic rings. The van der Waals surface area contributed by atoms with Crippen LogP contribution >= 0.6 is 0 Å². The van der Waals surface area contributed by atoms with Crippen LogP contribution in [0.1, 0.15) is 72.9 Å². The molecule has 0 spiro atoms. The Labute approximate surface area is 256 Å². The van der Waals surface area contributed by atoms with Gasteiger partial charge in [-0.25, -0.2) is 8.78 Å². The standard InChI is InChI=1S/C34H41F2N3O5/c1-21-16-25(35)18-29-32(21)24-15-22(2)33(36)26(17-24)27(19-31(41)42)37-34(43)28(9-7-5-6-8-14-44-29)39-20-23(10-11-30(39)40)12-13-38(3)4/h10-11,15-18,20,27-28H,5-9,12-14,19H2,1-4H3,(H,37,43)(H,41,42)/t27-,28-/m0/s1. The van der Waals surface area contributed by atoms with E-state index in [0.717, 1.165) is 24.9 Å². The van der Waals surface area contributed by atoms with Crippen LogP contribution in [0.5, 0.6) is 5.75 Å². The summed E-state index contributed by atoms with van der Waals surface area (Å²) in [5, 5.41) is 12.6. The molecule has 0 aliphatic carbocycles. The first-order valence-electron chi connectivity index (χ1n) is 15.1. The van der Waals surface area contributed by atoms with E-state index in [2.05, 4.69) is 5.32 Å². The Balaban J connectivity index is 1.82. The zero-order valence-corrected chi connectivity index (χ0v) is 25.8. The number of rotatable bonds is 6. The summed E-state index contributed by atoms with van der Waals surface area (Å²) in [4.78, 5) is 41.0. The number of carbonyl (C=O) groups excluding carboxylic acids is 1. The van der Waals surface area contributed by atoms with Crippen molar-refractivity contribution in [2.75, 3.05) is 27.2 Å². The Hall–Kier alpha value is -4.05. The predicted molar refractivity (Wildman–Crippen MR) is 165 cm³/mol. The quantitative estimate of drug-likeness (QED) is 0.370. The van der Waals surface area contributed by atoms with Crippen LogP contribution < -0.4 is 15.6 Å². The van der Waals surface area contributed by atoms with Gasteiger partial charge in [0.05, 0.1) is 19.1 Å². The summed E-state index contributed by atoms with van der Waals surface area (Å²) >= 11 is 0. The van der Waals surface area contributed by atoms with Crippen molar-refractivity contribution in [1.82, 2.24) is 14.8 Å². The number of hydrogen-bond donors (Lipinski definition) is 2. The number of aliphatic carboxylic acids is 1. The molecular formula is C34H41F2N3O5. The van der Waals surface area contributed by atoms with E-state index in [1.165, 1.54) is 28.8 Å². The van der Waals surface area contributed by atoms with Gasteiger partial charge in [-0.3, -0.25) is 14.4 Å². The minimum absolute atomic E-state index is 0.0108. The third kappa shape index (κ3) is 8.11. The molecule has 2 aromatic carbocycles. The molecule has 0 radical (unpaired) electrons. The summed E-state index contributed by atoms with van der Waals surface area (Å²) < 4.78 is 37.6. The lowest BCUT2D eigenvalue weighted by Crippen LogP contribution is -2.40. The first-order chi connectivity index (χ1) is 20.9. The lowest BCUT2D eigenvalue weighted by Gasteiger charge is -2.26. The molecule has 0 saturated heterocycles. The molecule has 236 valence electrons. The normalized spacial score (nSPS) is 17.9. The van der Waals surface area contributed by atoms with E-state index in [1.54, 1.807) is 32.2 Å². The number of likely N-dealkylation sites (N-methyl/N-ethyl adjacent to an activating group) is 1. The van der Waals surface area contributed by atoms with Crippen LogP contribution in [0.3, 0.4) is 0 Å². The number of aromatic nitrogens is 1. The van der Waals surface area contributed by atoms with E-state index in [9.17, 15) is 23.9 Å². The van der Waals surface area contributed by atoms with Crippen molar-refractivity contribution in [3.05, 3.63) is 86.8 Å². The van der Waals surface area contributed by atoms with Crippen molar-refractivity contribution in [1.29, 1.82) is 0 Å². The number of ether oxygens (including phenoxy) is 1. The fraction of sp³-hybridized carbons (Fsp3) is 0.441. The molecule has 4 rings (SSSR count). The maximum absolute atomic E-state index is 15.8. The van der Waals surface area contributed by atoms with Crippen LogP contribution in [-0.2, 0) is 16.0 Å². The summed E-state index contributed by atoms with van der Waals surface area (Å²) in [6, 6.07) is 6.82. The fourth-order valence-corrected chi connectivity index (χ4v) is 5.74. The number of carbonyl (C=O) groups is 2. The van der Waals surface area contributed by atoms with Gasteiger partial charge in [-0.15, -0.1) is 0 Å². The lowest BCUT2D eigenvalue weighted by atomic mass is 9.92. The molecule has 0 saturated carbocycles. The van der Waals surface area contributed by atoms with Gasteiger partial charge in [-0.1, -0.05) is 25.3 Å². The van der Waals surface area contributed by atoms with Crippen LogP contribution in [0, 0.1) is 25.5 Å². The highest BCUT2D eigenvalue weighted by molar-refractivity contribution is 5.82. The number of nitrogens with zero attached hydrogens (tertiary/aromatic N) is 2. The largest absolute Gasteiger partial charge is 0.493 e. The van der Waals surface area contributed by atoms with E-state index in [1.807, 2.05) is 19.0 Å². The first kappa shape index (κ1) is 32.9. The number of hydrogen-bond acceptors (Lipinski definition) is 5. The number of halogens is 2. The van der Waals surface area contributed by atoms with E-state index >= 15 is 4.39 Å². The van der Waals surface area contributed by atoms with Gasteiger partial charge < -0.3 is 24.6 Å². The molecule has 8 nitrogen and oxygen atoms in total. The van der Waals surface area contributed by atoms with Gasteiger partial charge in [-0.2, -0.15) is 0 Å². The van der Waals surface area contributed by atoms with Crippen molar-refractivity contribution in [3.63, 3.8) is 0 Å². The maximum Gasteiger partial charge on any atom is 0.305 e. The van der Waals surface area contributed by atoms with Gasteiger partial charge in [0.15, 0.2) is 0 Å². The van der Waals surface area contributed by atoms with Gasteiger partial charge in [0, 0.05) is 36.0 Å². The third-order valence-electron chi connectivity index (χ3n) is 8.02. The molecule has 2 N–H and O–H groups in total. The van der Waals surface area contributed by atoms with Crippen molar-refractivity contribution in [2.24, 2.45) is 0 Å². The molecule has 1 aromatic heterocycles. The topological polar surface area (TPSA) is 101 Å². The van der Waals surface area contributed by atoms with E-state index in [4.69, 9.17) is 4.74 Å². The summed E-state index contributed by atoms with van der Waals surface area (Å²) in [6.45, 7) is 4.37. The number of nitrogens with one attached hydrogen (secondary N) is 1. The highest BCUT2D eigenvalue weighted by atomic mass is 19.1. The average Bonchev–Trinajstić information content (AvgIpc) is 2.94. The SMILES string of the molecule is Cc1cc2cc(c1F)[C@H](CC(=O)O)NC(=O)[C@@H](n1cc(CCN(C)C)ccc1=O)CCCCCCOc1cc(F)cc(C)c1-2. The second-order valence-corrected chi connectivity index (χ2v) is 11.9. The highest BCUT2D eigenvalue weighted by Gasteiger charge is 2.29. The summed E-state index contributed by atoms with van der Waals surface area (Å²) in [5.41, 5.74) is 2.43. The van der Waals surface area contributed by atoms with Crippen molar-refractivity contribution >= 4 is 11.9 Å². The molecule has 44 heavy (non-hydrogen) atoms. The Kier molecular flexibility index (Phi) is 10.9. The third-order valence-corrected chi connectivity index (χ3v) is 8.02. The summed E-state index contributed by atoms with van der Waals surface area (Å²) in [7, 11) is 3.90. The number of carboxylic acid groups (broad SMARTS) is 1. The molecule has 1 aliphatic heterocycles. The average molecular weight is 610 g/mol. The zero-order chi connectivity index (χ0) is 32.0. The first-order valence-corrected chi connectivity index (χ1v) is 15.1. The van der Waals surface area contributed by atoms with Crippen LogP contribution in [0.15, 0.2) is 47.4 Å². The Bertz CT molecular complexity index is 1570. The van der Waals surface area contributed by atoms with Crippen molar-refractivity contribution in [2.45, 2.75) is 70.9 Å². The molecular weight excluding hydrogens is 568 g/mol. The molecule has 2 atom stereocenters.